The molecular weight excluding hydrogens is 252 g/mol. The molecule has 0 aromatic heterocycles. The van der Waals surface area contributed by atoms with Crippen molar-refractivity contribution in [1.29, 1.82) is 0 Å². The molecule has 0 spiro atoms. The van der Waals surface area contributed by atoms with Crippen LogP contribution in [0.15, 0.2) is 30.3 Å². The Morgan fingerprint density at radius 3 is 2.35 bits per heavy atom. The zero-order valence-corrected chi connectivity index (χ0v) is 12.0. The molecule has 1 aliphatic heterocycles. The summed E-state index contributed by atoms with van der Waals surface area (Å²) in [7, 11) is 0. The van der Waals surface area contributed by atoms with Crippen LogP contribution in [0.5, 0.6) is 0 Å². The summed E-state index contributed by atoms with van der Waals surface area (Å²) >= 11 is 0. The van der Waals surface area contributed by atoms with E-state index in [0.29, 0.717) is 19.5 Å². The zero-order chi connectivity index (χ0) is 14.4. The van der Waals surface area contributed by atoms with E-state index in [1.54, 1.807) is 0 Å². The molecule has 20 heavy (non-hydrogen) atoms. The quantitative estimate of drug-likeness (QED) is 0.847. The summed E-state index contributed by atoms with van der Waals surface area (Å²) in [5, 5.41) is 0. The Morgan fingerprint density at radius 2 is 1.65 bits per heavy atom. The van der Waals surface area contributed by atoms with Crippen LogP contribution in [0.2, 0.25) is 0 Å². The second-order valence-corrected chi connectivity index (χ2v) is 5.14. The van der Waals surface area contributed by atoms with E-state index in [9.17, 15) is 9.59 Å². The molecule has 0 unspecified atom stereocenters. The first-order chi connectivity index (χ1) is 9.72. The van der Waals surface area contributed by atoms with E-state index in [1.165, 1.54) is 0 Å². The Labute approximate surface area is 120 Å². The second kappa shape index (κ2) is 7.08. The lowest BCUT2D eigenvalue weighted by Gasteiger charge is -2.22. The first-order valence-electron chi connectivity index (χ1n) is 7.34. The van der Waals surface area contributed by atoms with Crippen molar-refractivity contribution in [3.05, 3.63) is 35.9 Å². The number of hydrogen-bond donors (Lipinski definition) is 0. The molecule has 1 aromatic rings. The summed E-state index contributed by atoms with van der Waals surface area (Å²) in [6, 6.07) is 9.34. The molecule has 0 radical (unpaired) electrons. The van der Waals surface area contributed by atoms with Crippen molar-refractivity contribution in [3.63, 3.8) is 0 Å². The van der Waals surface area contributed by atoms with Crippen LogP contribution in [0.25, 0.3) is 0 Å². The molecule has 1 aliphatic rings. The van der Waals surface area contributed by atoms with Gasteiger partial charge in [-0.25, -0.2) is 0 Å². The average Bonchev–Trinajstić information content (AvgIpc) is 2.73. The smallest absolute Gasteiger partial charge is 0.253 e. The number of benzene rings is 1. The summed E-state index contributed by atoms with van der Waals surface area (Å²) in [4.78, 5) is 28.0. The van der Waals surface area contributed by atoms with Crippen LogP contribution in [-0.4, -0.2) is 47.8 Å². The Kier molecular flexibility index (Phi) is 5.16. The fourth-order valence-electron chi connectivity index (χ4n) is 2.51. The number of carbonyl (C=O) groups excluding carboxylic acids is 2. The number of hydrogen-bond acceptors (Lipinski definition) is 2. The van der Waals surface area contributed by atoms with Gasteiger partial charge in [-0.2, -0.15) is 0 Å². The maximum absolute atomic E-state index is 12.4. The van der Waals surface area contributed by atoms with Crippen molar-refractivity contribution < 1.29 is 9.59 Å². The molecule has 0 saturated carbocycles. The van der Waals surface area contributed by atoms with Gasteiger partial charge in [0, 0.05) is 38.2 Å². The number of amides is 2. The maximum atomic E-state index is 12.4. The minimum absolute atomic E-state index is 0.0652. The molecule has 2 rings (SSSR count). The fourth-order valence-corrected chi connectivity index (χ4v) is 2.51. The molecule has 108 valence electrons. The van der Waals surface area contributed by atoms with Gasteiger partial charge in [-0.05, 0) is 25.0 Å². The van der Waals surface area contributed by atoms with Gasteiger partial charge in [-0.3, -0.25) is 9.59 Å². The Bertz CT molecular complexity index is 459. The lowest BCUT2D eigenvalue weighted by molar-refractivity contribution is -0.131. The van der Waals surface area contributed by atoms with Gasteiger partial charge in [-0.1, -0.05) is 25.1 Å². The lowest BCUT2D eigenvalue weighted by Crippen LogP contribution is -2.37. The van der Waals surface area contributed by atoms with Crippen LogP contribution in [0.4, 0.5) is 0 Å². The van der Waals surface area contributed by atoms with Crippen molar-refractivity contribution in [1.82, 2.24) is 9.80 Å². The minimum Gasteiger partial charge on any atom is -0.341 e. The third-order valence-corrected chi connectivity index (χ3v) is 3.62. The Morgan fingerprint density at radius 1 is 1.00 bits per heavy atom. The van der Waals surface area contributed by atoms with E-state index < -0.39 is 0 Å². The monoisotopic (exact) mass is 274 g/mol. The maximum Gasteiger partial charge on any atom is 0.253 e. The van der Waals surface area contributed by atoms with Crippen molar-refractivity contribution in [2.24, 2.45) is 0 Å². The van der Waals surface area contributed by atoms with Gasteiger partial charge in [0.25, 0.3) is 5.91 Å². The SMILES string of the molecule is CCCC(=O)N1CCCN(C(=O)c2ccccc2)CC1. The highest BCUT2D eigenvalue weighted by Crippen LogP contribution is 2.10. The molecule has 2 amide bonds. The van der Waals surface area contributed by atoms with E-state index in [-0.39, 0.29) is 11.8 Å². The van der Waals surface area contributed by atoms with Crippen LogP contribution >= 0.6 is 0 Å². The van der Waals surface area contributed by atoms with Gasteiger partial charge in [0.2, 0.25) is 5.91 Å². The van der Waals surface area contributed by atoms with Crippen LogP contribution in [0.3, 0.4) is 0 Å². The molecule has 1 saturated heterocycles. The standard InChI is InChI=1S/C16H22N2O2/c1-2-7-15(19)17-10-6-11-18(13-12-17)16(20)14-8-4-3-5-9-14/h3-5,8-9H,2,6-7,10-13H2,1H3. The molecule has 1 heterocycles. The van der Waals surface area contributed by atoms with E-state index in [1.807, 2.05) is 47.1 Å². The largest absolute Gasteiger partial charge is 0.341 e. The third kappa shape index (κ3) is 3.59. The highest BCUT2D eigenvalue weighted by atomic mass is 16.2. The molecule has 0 aliphatic carbocycles. The average molecular weight is 274 g/mol. The van der Waals surface area contributed by atoms with Gasteiger partial charge in [0.15, 0.2) is 0 Å². The molecule has 0 bridgehead atoms. The van der Waals surface area contributed by atoms with Crippen molar-refractivity contribution in [2.45, 2.75) is 26.2 Å². The van der Waals surface area contributed by atoms with Gasteiger partial charge >= 0.3 is 0 Å². The van der Waals surface area contributed by atoms with Gasteiger partial charge < -0.3 is 9.80 Å². The third-order valence-electron chi connectivity index (χ3n) is 3.62. The van der Waals surface area contributed by atoms with E-state index >= 15 is 0 Å². The number of rotatable bonds is 3. The normalized spacial score (nSPS) is 15.8. The summed E-state index contributed by atoms with van der Waals surface area (Å²) in [5.41, 5.74) is 0.723. The first kappa shape index (κ1) is 14.6. The summed E-state index contributed by atoms with van der Waals surface area (Å²) in [6.45, 7) is 4.78. The van der Waals surface area contributed by atoms with Crippen molar-refractivity contribution in [3.8, 4) is 0 Å². The van der Waals surface area contributed by atoms with Crippen LogP contribution in [0, 0.1) is 0 Å². The van der Waals surface area contributed by atoms with Crippen molar-refractivity contribution >= 4 is 11.8 Å². The highest BCUT2D eigenvalue weighted by molar-refractivity contribution is 5.94. The van der Waals surface area contributed by atoms with Crippen LogP contribution < -0.4 is 0 Å². The van der Waals surface area contributed by atoms with Gasteiger partial charge in [0.05, 0.1) is 0 Å². The summed E-state index contributed by atoms with van der Waals surface area (Å²) in [6.07, 6.45) is 2.34. The molecule has 0 N–H and O–H groups in total. The topological polar surface area (TPSA) is 40.6 Å². The second-order valence-electron chi connectivity index (χ2n) is 5.14. The summed E-state index contributed by atoms with van der Waals surface area (Å²) < 4.78 is 0. The van der Waals surface area contributed by atoms with Crippen LogP contribution in [0.1, 0.15) is 36.5 Å². The molecule has 1 aromatic carbocycles. The molecule has 4 nitrogen and oxygen atoms in total. The lowest BCUT2D eigenvalue weighted by atomic mass is 10.2. The van der Waals surface area contributed by atoms with E-state index in [4.69, 9.17) is 0 Å². The van der Waals surface area contributed by atoms with E-state index in [0.717, 1.165) is 31.5 Å². The predicted octanol–water partition coefficient (Wildman–Crippen LogP) is 2.16. The summed E-state index contributed by atoms with van der Waals surface area (Å²) in [5.74, 6) is 0.275. The van der Waals surface area contributed by atoms with Crippen molar-refractivity contribution in [2.75, 3.05) is 26.2 Å². The first-order valence-corrected chi connectivity index (χ1v) is 7.34. The van der Waals surface area contributed by atoms with Gasteiger partial charge in [-0.15, -0.1) is 0 Å². The minimum atomic E-state index is 0.0652. The molecule has 1 fully saturated rings. The van der Waals surface area contributed by atoms with E-state index in [2.05, 4.69) is 0 Å². The number of carbonyl (C=O) groups is 2. The predicted molar refractivity (Wildman–Crippen MR) is 78.5 cm³/mol. The Balaban J connectivity index is 1.96. The molecular formula is C16H22N2O2. The van der Waals surface area contributed by atoms with Gasteiger partial charge in [0.1, 0.15) is 0 Å². The Hall–Kier alpha value is -1.84. The number of nitrogens with zero attached hydrogens (tertiary/aromatic N) is 2. The zero-order valence-electron chi connectivity index (χ0n) is 12.0. The van der Waals surface area contributed by atoms with Crippen LogP contribution in [-0.2, 0) is 4.79 Å². The molecule has 4 heteroatoms. The molecule has 0 atom stereocenters. The highest BCUT2D eigenvalue weighted by Gasteiger charge is 2.22. The fraction of sp³-hybridized carbons (Fsp3) is 0.500.